The van der Waals surface area contributed by atoms with Gasteiger partial charge in [-0.3, -0.25) is 14.7 Å². The van der Waals surface area contributed by atoms with E-state index in [0.29, 0.717) is 12.2 Å². The van der Waals surface area contributed by atoms with Crippen molar-refractivity contribution in [2.75, 3.05) is 11.9 Å². The quantitative estimate of drug-likeness (QED) is 0.226. The van der Waals surface area contributed by atoms with Crippen molar-refractivity contribution in [1.29, 1.82) is 0 Å². The van der Waals surface area contributed by atoms with Crippen molar-refractivity contribution in [1.82, 2.24) is 25.8 Å². The van der Waals surface area contributed by atoms with Gasteiger partial charge in [0, 0.05) is 23.4 Å². The van der Waals surface area contributed by atoms with Crippen LogP contribution in [0, 0.1) is 6.92 Å². The summed E-state index contributed by atoms with van der Waals surface area (Å²) >= 11 is 2.56. The number of aromatic amines is 1. The van der Waals surface area contributed by atoms with E-state index in [4.69, 9.17) is 0 Å². The number of aliphatic carboxylic acids is 1. The number of amides is 2. The first-order valence-electron chi connectivity index (χ1n) is 10.4. The largest absolute Gasteiger partial charge is 0.480 e. The van der Waals surface area contributed by atoms with Crippen molar-refractivity contribution in [3.8, 4) is 0 Å². The second-order valence-electron chi connectivity index (χ2n) is 7.48. The number of benzene rings is 1. The zero-order valence-corrected chi connectivity index (χ0v) is 19.8. The van der Waals surface area contributed by atoms with Gasteiger partial charge in [0.25, 0.3) is 5.91 Å². The Hall–Kier alpha value is -3.61. The molecule has 0 aliphatic carbocycles. The molecule has 5 N–H and O–H groups in total. The molecule has 10 nitrogen and oxygen atoms in total. The van der Waals surface area contributed by atoms with E-state index in [1.807, 2.05) is 35.7 Å². The zero-order valence-electron chi connectivity index (χ0n) is 18.1. The number of H-pyrrole nitrogens is 1. The van der Waals surface area contributed by atoms with Crippen molar-refractivity contribution in [2.24, 2.45) is 0 Å². The van der Waals surface area contributed by atoms with Gasteiger partial charge >= 0.3 is 5.97 Å². The highest BCUT2D eigenvalue weighted by atomic mass is 32.1. The minimum absolute atomic E-state index is 0.0694. The fourth-order valence-electron chi connectivity index (χ4n) is 3.36. The van der Waals surface area contributed by atoms with Gasteiger partial charge in [0.05, 0.1) is 23.8 Å². The molecule has 1 aromatic carbocycles. The molecule has 0 bridgehead atoms. The van der Waals surface area contributed by atoms with Crippen LogP contribution in [0.25, 0.3) is 10.9 Å². The number of anilines is 1. The van der Waals surface area contributed by atoms with E-state index in [-0.39, 0.29) is 28.9 Å². The molecule has 0 saturated carbocycles. The number of carboxylic acids is 1. The molecule has 1 unspecified atom stereocenters. The van der Waals surface area contributed by atoms with Gasteiger partial charge in [0.15, 0.2) is 5.13 Å². The number of thiazole rings is 1. The second-order valence-corrected chi connectivity index (χ2v) is 9.51. The summed E-state index contributed by atoms with van der Waals surface area (Å²) in [6.07, 6.45) is 1.79. The van der Waals surface area contributed by atoms with Crippen LogP contribution in [0.5, 0.6) is 0 Å². The molecule has 4 rings (SSSR count). The lowest BCUT2D eigenvalue weighted by Gasteiger charge is -2.14. The molecular formula is C22H22N6O4S2. The number of nitrogens with one attached hydrogen (secondary N) is 4. The molecular weight excluding hydrogens is 476 g/mol. The van der Waals surface area contributed by atoms with E-state index in [1.54, 1.807) is 24.5 Å². The fourth-order valence-corrected chi connectivity index (χ4v) is 4.92. The third-order valence-corrected chi connectivity index (χ3v) is 6.95. The Morgan fingerprint density at radius 2 is 2.06 bits per heavy atom. The number of hydrogen-bond donors (Lipinski definition) is 5. The lowest BCUT2D eigenvalue weighted by molar-refractivity contribution is -0.139. The summed E-state index contributed by atoms with van der Waals surface area (Å²) in [5.41, 5.74) is 2.06. The van der Waals surface area contributed by atoms with Crippen LogP contribution >= 0.6 is 22.7 Å². The smallest absolute Gasteiger partial charge is 0.327 e. The first-order valence-corrected chi connectivity index (χ1v) is 12.1. The maximum absolute atomic E-state index is 12.7. The molecule has 0 saturated heterocycles. The highest BCUT2D eigenvalue weighted by Crippen LogP contribution is 2.23. The van der Waals surface area contributed by atoms with Gasteiger partial charge in [0.1, 0.15) is 10.9 Å². The first-order chi connectivity index (χ1) is 16.4. The minimum Gasteiger partial charge on any atom is -0.480 e. The van der Waals surface area contributed by atoms with Gasteiger partial charge in [0.2, 0.25) is 5.91 Å². The van der Waals surface area contributed by atoms with Crippen LogP contribution in [0.1, 0.15) is 25.8 Å². The summed E-state index contributed by atoms with van der Waals surface area (Å²) in [6.45, 7) is 2.22. The number of nitrogens with zero attached hydrogens (tertiary/aromatic N) is 2. The summed E-state index contributed by atoms with van der Waals surface area (Å²) in [6, 6.07) is 8.31. The molecule has 0 fully saturated rings. The molecule has 0 spiro atoms. The van der Waals surface area contributed by atoms with Crippen LogP contribution in [0.3, 0.4) is 0 Å². The minimum atomic E-state index is -1.14. The van der Waals surface area contributed by atoms with E-state index in [1.165, 1.54) is 0 Å². The van der Waals surface area contributed by atoms with Crippen molar-refractivity contribution in [3.63, 3.8) is 0 Å². The summed E-state index contributed by atoms with van der Waals surface area (Å²) in [7, 11) is 0. The molecule has 2 amide bonds. The Balaban J connectivity index is 1.36. The van der Waals surface area contributed by atoms with E-state index in [0.717, 1.165) is 32.7 Å². The first kappa shape index (κ1) is 23.5. The Morgan fingerprint density at radius 3 is 2.82 bits per heavy atom. The van der Waals surface area contributed by atoms with Gasteiger partial charge < -0.3 is 21.1 Å². The number of aryl methyl sites for hydroxylation is 1. The maximum atomic E-state index is 12.7. The van der Waals surface area contributed by atoms with E-state index >= 15 is 0 Å². The second kappa shape index (κ2) is 10.5. The lowest BCUT2D eigenvalue weighted by atomic mass is 10.1. The van der Waals surface area contributed by atoms with Crippen molar-refractivity contribution in [2.45, 2.75) is 25.9 Å². The molecule has 3 heterocycles. The number of aromatic nitrogens is 3. The van der Waals surface area contributed by atoms with Crippen LogP contribution in [0.4, 0.5) is 5.13 Å². The molecule has 4 aromatic rings. The molecule has 3 aromatic heterocycles. The number of thiophene rings is 1. The number of rotatable bonds is 10. The Kier molecular flexibility index (Phi) is 7.30. The van der Waals surface area contributed by atoms with Gasteiger partial charge in [-0.25, -0.2) is 9.78 Å². The highest BCUT2D eigenvalue weighted by molar-refractivity contribution is 7.17. The van der Waals surface area contributed by atoms with Crippen molar-refractivity contribution >= 4 is 56.5 Å². The van der Waals surface area contributed by atoms with Crippen LogP contribution in [0.2, 0.25) is 0 Å². The monoisotopic (exact) mass is 498 g/mol. The highest BCUT2D eigenvalue weighted by Gasteiger charge is 2.24. The third-order valence-electron chi connectivity index (χ3n) is 5.01. The van der Waals surface area contributed by atoms with Crippen molar-refractivity contribution < 1.29 is 19.5 Å². The molecule has 176 valence electrons. The third kappa shape index (κ3) is 5.65. The topological polar surface area (TPSA) is 149 Å². The van der Waals surface area contributed by atoms with Gasteiger partial charge in [-0.1, -0.05) is 29.5 Å². The molecule has 34 heavy (non-hydrogen) atoms. The number of fused-ring (bicyclic) bond motifs is 1. The SMILES string of the molecule is Cc1nc(NC(=O)Cc2cccc3[nH]ncc23)sc1C(=O)NC(CNCc1cccs1)C(=O)O. The Bertz CT molecular complexity index is 1310. The van der Waals surface area contributed by atoms with Crippen LogP contribution in [0.15, 0.2) is 41.9 Å². The maximum Gasteiger partial charge on any atom is 0.327 e. The zero-order chi connectivity index (χ0) is 24.1. The number of carboxylic acid groups (broad SMARTS) is 1. The molecule has 0 aliphatic rings. The predicted molar refractivity (Wildman–Crippen MR) is 130 cm³/mol. The number of carbonyl (C=O) groups is 3. The number of hydrogen-bond acceptors (Lipinski definition) is 8. The van der Waals surface area contributed by atoms with Crippen molar-refractivity contribution in [3.05, 3.63) is 62.9 Å². The molecule has 0 radical (unpaired) electrons. The molecule has 1 atom stereocenters. The van der Waals surface area contributed by atoms with Gasteiger partial charge in [-0.15, -0.1) is 11.3 Å². The average Bonchev–Trinajstić information content (AvgIpc) is 3.54. The average molecular weight is 499 g/mol. The lowest BCUT2D eigenvalue weighted by Crippen LogP contribution is -2.47. The van der Waals surface area contributed by atoms with Gasteiger partial charge in [-0.05, 0) is 30.0 Å². The summed E-state index contributed by atoms with van der Waals surface area (Å²) in [5.74, 6) is -1.98. The number of carbonyl (C=O) groups excluding carboxylic acids is 2. The fraction of sp³-hybridized carbons (Fsp3) is 0.227. The Labute approximate surface area is 202 Å². The standard InChI is InChI=1S/C22H22N6O4S2/c1-12-19(20(30)26-17(21(31)32)11-23-9-14-5-3-7-33-14)34-22(25-12)27-18(29)8-13-4-2-6-16-15(13)10-24-28-16/h2-7,10,17,23H,8-9,11H2,1H3,(H,24,28)(H,26,30)(H,31,32)(H,25,27,29). The van der Waals surface area contributed by atoms with Crippen LogP contribution in [-0.4, -0.2) is 50.7 Å². The van der Waals surface area contributed by atoms with E-state index < -0.39 is 17.9 Å². The summed E-state index contributed by atoms with van der Waals surface area (Å²) in [5, 5.41) is 27.7. The van der Waals surface area contributed by atoms with E-state index in [9.17, 15) is 19.5 Å². The van der Waals surface area contributed by atoms with E-state index in [2.05, 4.69) is 31.1 Å². The predicted octanol–water partition coefficient (Wildman–Crippen LogP) is 2.54. The summed E-state index contributed by atoms with van der Waals surface area (Å²) < 4.78 is 0. The molecule has 12 heteroatoms. The van der Waals surface area contributed by atoms with Crippen LogP contribution in [-0.2, 0) is 22.6 Å². The molecule has 0 aliphatic heterocycles. The summed E-state index contributed by atoms with van der Waals surface area (Å²) in [4.78, 5) is 42.5. The normalized spacial score (nSPS) is 11.9. The van der Waals surface area contributed by atoms with Gasteiger partial charge in [-0.2, -0.15) is 5.10 Å². The Morgan fingerprint density at radius 1 is 1.21 bits per heavy atom. The van der Waals surface area contributed by atoms with Crippen LogP contribution < -0.4 is 16.0 Å².